The van der Waals surface area contributed by atoms with Crippen molar-refractivity contribution in [1.29, 1.82) is 0 Å². The number of anilines is 1. The van der Waals surface area contributed by atoms with Crippen LogP contribution in [0.4, 0.5) is 5.69 Å². The van der Waals surface area contributed by atoms with Crippen molar-refractivity contribution in [3.8, 4) is 22.3 Å². The Morgan fingerprint density at radius 2 is 2.15 bits per heavy atom. The molecular weight excluding hydrogens is 362 g/mol. The normalized spacial score (nSPS) is 10.9. The second kappa shape index (κ2) is 7.55. The molecule has 0 unspecified atom stereocenters. The number of nitrogens with zero attached hydrogens (tertiary/aromatic N) is 4. The number of amides is 1. The van der Waals surface area contributed by atoms with Gasteiger partial charge in [0.15, 0.2) is 0 Å². The van der Waals surface area contributed by atoms with E-state index in [2.05, 4.69) is 27.4 Å². The first-order valence-electron chi connectivity index (χ1n) is 8.50. The van der Waals surface area contributed by atoms with E-state index in [1.54, 1.807) is 17.1 Å². The summed E-state index contributed by atoms with van der Waals surface area (Å²) in [5.41, 5.74) is 2.50. The molecule has 0 radical (unpaired) electrons. The van der Waals surface area contributed by atoms with Crippen LogP contribution in [0.2, 0.25) is 0 Å². The van der Waals surface area contributed by atoms with Gasteiger partial charge in [-0.3, -0.25) is 4.79 Å². The number of para-hydroxylation sites is 1. The highest BCUT2D eigenvalue weighted by atomic mass is 32.1. The maximum Gasteiger partial charge on any atom is 0.268 e. The fourth-order valence-corrected chi connectivity index (χ4v) is 3.34. The molecule has 136 valence electrons. The number of thiophene rings is 1. The van der Waals surface area contributed by atoms with Gasteiger partial charge < -0.3 is 14.4 Å². The van der Waals surface area contributed by atoms with Crippen molar-refractivity contribution in [3.05, 3.63) is 59.9 Å². The maximum absolute atomic E-state index is 12.3. The van der Waals surface area contributed by atoms with Crippen LogP contribution in [0.5, 0.6) is 0 Å². The molecule has 0 aliphatic carbocycles. The summed E-state index contributed by atoms with van der Waals surface area (Å²) >= 11 is 1.53. The molecule has 0 bridgehead atoms. The smallest absolute Gasteiger partial charge is 0.268 e. The molecule has 4 aromatic rings. The molecule has 1 aromatic carbocycles. The molecule has 1 amide bonds. The molecule has 0 fully saturated rings. The Labute approximate surface area is 159 Å². The maximum atomic E-state index is 12.3. The van der Waals surface area contributed by atoms with E-state index in [0.717, 1.165) is 22.5 Å². The second-order valence-electron chi connectivity index (χ2n) is 5.89. The quantitative estimate of drug-likeness (QED) is 0.550. The largest absolute Gasteiger partial charge is 0.333 e. The van der Waals surface area contributed by atoms with E-state index in [1.165, 1.54) is 11.3 Å². The van der Waals surface area contributed by atoms with Gasteiger partial charge in [-0.15, -0.1) is 11.3 Å². The Bertz CT molecular complexity index is 1050. The summed E-state index contributed by atoms with van der Waals surface area (Å²) in [6.07, 6.45) is 4.17. The zero-order valence-electron chi connectivity index (χ0n) is 14.6. The highest BCUT2D eigenvalue weighted by molar-refractivity contribution is 7.13. The van der Waals surface area contributed by atoms with Gasteiger partial charge in [0.05, 0.1) is 11.2 Å². The van der Waals surface area contributed by atoms with Crippen LogP contribution in [0.15, 0.2) is 58.8 Å². The highest BCUT2D eigenvalue weighted by Gasteiger charge is 2.14. The third-order valence-corrected chi connectivity index (χ3v) is 4.88. The number of hydrogen-bond acceptors (Lipinski definition) is 6. The number of nitrogens with one attached hydrogen (secondary N) is 1. The van der Waals surface area contributed by atoms with E-state index in [-0.39, 0.29) is 12.5 Å². The Balaban J connectivity index is 1.44. The van der Waals surface area contributed by atoms with Gasteiger partial charge in [-0.2, -0.15) is 4.98 Å². The number of hydrogen-bond donors (Lipinski definition) is 1. The Morgan fingerprint density at radius 3 is 2.96 bits per heavy atom. The molecule has 1 N–H and O–H groups in total. The number of carbonyl (C=O) groups is 1. The number of rotatable bonds is 6. The summed E-state index contributed by atoms with van der Waals surface area (Å²) in [5, 5.41) is 8.86. The van der Waals surface area contributed by atoms with Gasteiger partial charge in [0.25, 0.3) is 5.89 Å². The van der Waals surface area contributed by atoms with Crippen molar-refractivity contribution >= 4 is 22.9 Å². The molecule has 0 saturated carbocycles. The predicted molar refractivity (Wildman–Crippen MR) is 103 cm³/mol. The molecule has 27 heavy (non-hydrogen) atoms. The van der Waals surface area contributed by atoms with Crippen molar-refractivity contribution < 1.29 is 9.32 Å². The van der Waals surface area contributed by atoms with Crippen molar-refractivity contribution in [2.45, 2.75) is 19.9 Å². The van der Waals surface area contributed by atoms with Crippen LogP contribution in [0.1, 0.15) is 12.5 Å². The van der Waals surface area contributed by atoms with Crippen molar-refractivity contribution in [3.63, 3.8) is 0 Å². The monoisotopic (exact) mass is 379 g/mol. The Hall–Kier alpha value is -3.26. The summed E-state index contributed by atoms with van der Waals surface area (Å²) in [7, 11) is 0. The highest BCUT2D eigenvalue weighted by Crippen LogP contribution is 2.25. The molecule has 0 aliphatic rings. The molecule has 0 spiro atoms. The zero-order valence-corrected chi connectivity index (χ0v) is 15.4. The van der Waals surface area contributed by atoms with Crippen LogP contribution < -0.4 is 5.32 Å². The van der Waals surface area contributed by atoms with Gasteiger partial charge in [-0.05, 0) is 29.5 Å². The number of carbonyl (C=O) groups excluding carboxylic acids is 1. The predicted octanol–water partition coefficient (Wildman–Crippen LogP) is 3.86. The van der Waals surface area contributed by atoms with Gasteiger partial charge in [0.2, 0.25) is 11.7 Å². The fraction of sp³-hybridized carbons (Fsp3) is 0.158. The van der Waals surface area contributed by atoms with Gasteiger partial charge >= 0.3 is 0 Å². The molecule has 0 saturated heterocycles. The average molecular weight is 379 g/mol. The van der Waals surface area contributed by atoms with E-state index >= 15 is 0 Å². The summed E-state index contributed by atoms with van der Waals surface area (Å²) in [4.78, 5) is 21.9. The molecule has 3 aromatic heterocycles. The topological polar surface area (TPSA) is 85.8 Å². The van der Waals surface area contributed by atoms with Crippen LogP contribution in [0.3, 0.4) is 0 Å². The first-order valence-corrected chi connectivity index (χ1v) is 9.38. The SMILES string of the molecule is CCc1ccccc1NC(=O)Cn1cnc(-c2noc(-c3cccs3)n2)c1. The van der Waals surface area contributed by atoms with E-state index in [0.29, 0.717) is 17.4 Å². The van der Waals surface area contributed by atoms with E-state index in [4.69, 9.17) is 4.52 Å². The third kappa shape index (κ3) is 3.80. The molecule has 7 nitrogen and oxygen atoms in total. The number of aromatic nitrogens is 4. The molecule has 0 atom stereocenters. The van der Waals surface area contributed by atoms with Crippen LogP contribution >= 0.6 is 11.3 Å². The van der Waals surface area contributed by atoms with Gasteiger partial charge in [-0.25, -0.2) is 4.98 Å². The summed E-state index contributed by atoms with van der Waals surface area (Å²) in [6.45, 7) is 2.21. The molecule has 4 rings (SSSR count). The summed E-state index contributed by atoms with van der Waals surface area (Å²) in [5.74, 6) is 0.740. The molecule has 0 aliphatic heterocycles. The minimum Gasteiger partial charge on any atom is -0.333 e. The van der Waals surface area contributed by atoms with Crippen LogP contribution in [-0.2, 0) is 17.8 Å². The first-order chi connectivity index (χ1) is 13.2. The van der Waals surface area contributed by atoms with Crippen molar-refractivity contribution in [2.75, 3.05) is 5.32 Å². The van der Waals surface area contributed by atoms with Gasteiger partial charge in [0.1, 0.15) is 12.2 Å². The summed E-state index contributed by atoms with van der Waals surface area (Å²) < 4.78 is 6.97. The number of benzene rings is 1. The van der Waals surface area contributed by atoms with Gasteiger partial charge in [-0.1, -0.05) is 36.3 Å². The van der Waals surface area contributed by atoms with Gasteiger partial charge in [0, 0.05) is 11.9 Å². The lowest BCUT2D eigenvalue weighted by atomic mass is 10.1. The van der Waals surface area contributed by atoms with Crippen LogP contribution in [0.25, 0.3) is 22.3 Å². The van der Waals surface area contributed by atoms with Crippen molar-refractivity contribution in [1.82, 2.24) is 19.7 Å². The second-order valence-corrected chi connectivity index (χ2v) is 6.84. The Kier molecular flexibility index (Phi) is 4.80. The van der Waals surface area contributed by atoms with E-state index < -0.39 is 0 Å². The molecular formula is C19H17N5O2S. The lowest BCUT2D eigenvalue weighted by molar-refractivity contribution is -0.116. The average Bonchev–Trinajstić information content (AvgIpc) is 3.42. The zero-order chi connectivity index (χ0) is 18.6. The molecule has 3 heterocycles. The fourth-order valence-electron chi connectivity index (χ4n) is 2.70. The Morgan fingerprint density at radius 1 is 1.26 bits per heavy atom. The lowest BCUT2D eigenvalue weighted by Crippen LogP contribution is -2.18. The first kappa shape index (κ1) is 17.2. The molecule has 8 heteroatoms. The van der Waals surface area contributed by atoms with Crippen LogP contribution in [0, 0.1) is 0 Å². The number of imidazole rings is 1. The summed E-state index contributed by atoms with van der Waals surface area (Å²) in [6, 6.07) is 11.6. The third-order valence-electron chi connectivity index (χ3n) is 4.02. The van der Waals surface area contributed by atoms with Crippen LogP contribution in [-0.4, -0.2) is 25.6 Å². The van der Waals surface area contributed by atoms with E-state index in [1.807, 2.05) is 41.8 Å². The lowest BCUT2D eigenvalue weighted by Gasteiger charge is -2.09. The van der Waals surface area contributed by atoms with E-state index in [9.17, 15) is 4.79 Å². The minimum atomic E-state index is -0.118. The number of aryl methyl sites for hydroxylation is 1. The van der Waals surface area contributed by atoms with Crippen molar-refractivity contribution in [2.24, 2.45) is 0 Å². The standard InChI is InChI=1S/C19H17N5O2S/c1-2-13-6-3-4-7-14(13)21-17(25)11-24-10-15(20-12-24)18-22-19(26-23-18)16-8-5-9-27-16/h3-10,12H,2,11H2,1H3,(H,21,25). The minimum absolute atomic E-state index is 0.118.